The first-order chi connectivity index (χ1) is 11.0. The van der Waals surface area contributed by atoms with Crippen LogP contribution in [0.4, 0.5) is 14.2 Å². The van der Waals surface area contributed by atoms with Crippen LogP contribution in [0.1, 0.15) is 10.4 Å². The summed E-state index contributed by atoms with van der Waals surface area (Å²) in [6.07, 6.45) is 0.181. The van der Waals surface area contributed by atoms with E-state index in [-0.39, 0.29) is 24.2 Å². The van der Waals surface area contributed by atoms with E-state index in [0.717, 1.165) is 15.4 Å². The summed E-state index contributed by atoms with van der Waals surface area (Å²) in [5, 5.41) is 8.85. The van der Waals surface area contributed by atoms with E-state index in [1.165, 1.54) is 23.5 Å². The number of anilines is 1. The van der Waals surface area contributed by atoms with Gasteiger partial charge in [-0.3, -0.25) is 10.1 Å². The third kappa shape index (κ3) is 6.07. The van der Waals surface area contributed by atoms with Gasteiger partial charge in [0, 0.05) is 18.0 Å². The molecule has 7 heteroatoms. The van der Waals surface area contributed by atoms with Crippen molar-refractivity contribution in [3.05, 3.63) is 52.7 Å². The highest BCUT2D eigenvalue weighted by atomic mass is 32.1. The summed E-state index contributed by atoms with van der Waals surface area (Å²) in [7, 11) is 0. The molecule has 3 N–H and O–H groups in total. The molecule has 0 unspecified atom stereocenters. The summed E-state index contributed by atoms with van der Waals surface area (Å²) in [5.41, 5.74) is 0.739. The normalized spacial score (nSPS) is 10.2. The molecular weight excluding hydrogens is 317 g/mol. The second kappa shape index (κ2) is 8.28. The fourth-order valence-electron chi connectivity index (χ4n) is 1.89. The van der Waals surface area contributed by atoms with Crippen LogP contribution in [0.2, 0.25) is 0 Å². The van der Waals surface area contributed by atoms with Crippen LogP contribution in [0.25, 0.3) is 0 Å². The highest BCUT2D eigenvalue weighted by Crippen LogP contribution is 2.20. The fourth-order valence-corrected chi connectivity index (χ4v) is 2.65. The zero-order valence-corrected chi connectivity index (χ0v) is 13.5. The van der Waals surface area contributed by atoms with E-state index in [1.807, 2.05) is 19.1 Å². The minimum absolute atomic E-state index is 0.173. The molecule has 3 amide bonds. The van der Waals surface area contributed by atoms with E-state index >= 15 is 0 Å². The summed E-state index contributed by atoms with van der Waals surface area (Å²) in [4.78, 5) is 24.4. The van der Waals surface area contributed by atoms with Crippen LogP contribution >= 0.6 is 11.3 Å². The molecular formula is C16H18FN3O2S. The second-order valence-corrected chi connectivity index (χ2v) is 6.23. The Morgan fingerprint density at radius 2 is 1.74 bits per heavy atom. The molecule has 2 aromatic rings. The predicted octanol–water partition coefficient (Wildman–Crippen LogP) is 2.68. The number of carbonyl (C=O) groups excluding carboxylic acids is 2. The van der Waals surface area contributed by atoms with Crippen molar-refractivity contribution in [2.45, 2.75) is 13.3 Å². The lowest BCUT2D eigenvalue weighted by Crippen LogP contribution is -2.37. The SMILES string of the molecule is Cc1ccc(NC(=O)NCCNC(=O)Cc2ccc(F)cc2)s1. The standard InChI is InChI=1S/C16H18FN3O2S/c1-11-2-7-15(23-11)20-16(22)19-9-8-18-14(21)10-12-3-5-13(17)6-4-12/h2-7H,8-10H2,1H3,(H,18,21)(H2,19,20,22). The predicted molar refractivity (Wildman–Crippen MR) is 89.2 cm³/mol. The first kappa shape index (κ1) is 17.0. The first-order valence-corrected chi connectivity index (χ1v) is 7.97. The lowest BCUT2D eigenvalue weighted by atomic mass is 10.1. The highest BCUT2D eigenvalue weighted by molar-refractivity contribution is 7.16. The van der Waals surface area contributed by atoms with Crippen LogP contribution in [-0.2, 0) is 11.2 Å². The van der Waals surface area contributed by atoms with Crippen molar-refractivity contribution in [2.75, 3.05) is 18.4 Å². The number of urea groups is 1. The molecule has 0 aliphatic heterocycles. The summed E-state index contributed by atoms with van der Waals surface area (Å²) in [6.45, 7) is 2.62. The Hall–Kier alpha value is -2.41. The largest absolute Gasteiger partial charge is 0.354 e. The molecule has 0 atom stereocenters. The number of rotatable bonds is 6. The molecule has 0 saturated heterocycles. The molecule has 0 aliphatic carbocycles. The molecule has 1 aromatic carbocycles. The van der Waals surface area contributed by atoms with Crippen LogP contribution in [0.5, 0.6) is 0 Å². The van der Waals surface area contributed by atoms with Crippen LogP contribution < -0.4 is 16.0 Å². The van der Waals surface area contributed by atoms with Gasteiger partial charge in [-0.05, 0) is 36.8 Å². The monoisotopic (exact) mass is 335 g/mol. The molecule has 1 heterocycles. The topological polar surface area (TPSA) is 70.2 Å². The third-order valence-electron chi connectivity index (χ3n) is 2.99. The minimum atomic E-state index is -0.328. The molecule has 0 fully saturated rings. The number of thiophene rings is 1. The summed E-state index contributed by atoms with van der Waals surface area (Å²) >= 11 is 1.49. The molecule has 1 aromatic heterocycles. The van der Waals surface area contributed by atoms with Gasteiger partial charge in [-0.25, -0.2) is 9.18 Å². The molecule has 0 saturated carbocycles. The van der Waals surface area contributed by atoms with Gasteiger partial charge in [0.1, 0.15) is 5.82 Å². The third-order valence-corrected chi connectivity index (χ3v) is 3.90. The maximum absolute atomic E-state index is 12.8. The minimum Gasteiger partial charge on any atom is -0.354 e. The number of benzene rings is 1. The van der Waals surface area contributed by atoms with Crippen molar-refractivity contribution in [3.63, 3.8) is 0 Å². The number of carbonyl (C=O) groups is 2. The van der Waals surface area contributed by atoms with Crippen molar-refractivity contribution in [2.24, 2.45) is 0 Å². The van der Waals surface area contributed by atoms with Gasteiger partial charge in [-0.2, -0.15) is 0 Å². The van der Waals surface area contributed by atoms with Gasteiger partial charge in [0.2, 0.25) is 5.91 Å². The lowest BCUT2D eigenvalue weighted by molar-refractivity contribution is -0.120. The van der Waals surface area contributed by atoms with Gasteiger partial charge in [0.15, 0.2) is 0 Å². The lowest BCUT2D eigenvalue weighted by Gasteiger charge is -2.08. The van der Waals surface area contributed by atoms with E-state index < -0.39 is 0 Å². The van der Waals surface area contributed by atoms with Crippen molar-refractivity contribution >= 4 is 28.3 Å². The maximum atomic E-state index is 12.8. The van der Waals surface area contributed by atoms with Crippen molar-refractivity contribution < 1.29 is 14.0 Å². The van der Waals surface area contributed by atoms with E-state index in [2.05, 4.69) is 16.0 Å². The molecule has 0 radical (unpaired) electrons. The summed E-state index contributed by atoms with van der Waals surface area (Å²) in [6, 6.07) is 9.24. The van der Waals surface area contributed by atoms with Gasteiger partial charge in [0.25, 0.3) is 0 Å². The Labute approximate surface area is 137 Å². The van der Waals surface area contributed by atoms with Crippen LogP contribution in [0.15, 0.2) is 36.4 Å². The maximum Gasteiger partial charge on any atom is 0.319 e. The van der Waals surface area contributed by atoms with Crippen molar-refractivity contribution in [1.82, 2.24) is 10.6 Å². The quantitative estimate of drug-likeness (QED) is 0.710. The average molecular weight is 335 g/mol. The van der Waals surface area contributed by atoms with Gasteiger partial charge in [-0.1, -0.05) is 12.1 Å². The average Bonchev–Trinajstić information content (AvgIpc) is 2.91. The number of nitrogens with one attached hydrogen (secondary N) is 3. The van der Waals surface area contributed by atoms with Crippen molar-refractivity contribution in [3.8, 4) is 0 Å². The number of aryl methyl sites for hydroxylation is 1. The van der Waals surface area contributed by atoms with Gasteiger partial charge >= 0.3 is 6.03 Å². The molecule has 5 nitrogen and oxygen atoms in total. The molecule has 0 spiro atoms. The molecule has 122 valence electrons. The number of hydrogen-bond donors (Lipinski definition) is 3. The Balaban J connectivity index is 1.61. The zero-order chi connectivity index (χ0) is 16.7. The van der Waals surface area contributed by atoms with E-state index in [1.54, 1.807) is 12.1 Å². The Morgan fingerprint density at radius 1 is 1.04 bits per heavy atom. The zero-order valence-electron chi connectivity index (χ0n) is 12.7. The molecule has 0 aliphatic rings. The number of amides is 3. The Kier molecular flexibility index (Phi) is 6.10. The van der Waals surface area contributed by atoms with Gasteiger partial charge in [0.05, 0.1) is 11.4 Å². The Morgan fingerprint density at radius 3 is 2.39 bits per heavy atom. The van der Waals surface area contributed by atoms with Crippen molar-refractivity contribution in [1.29, 1.82) is 0 Å². The Bertz CT molecular complexity index is 670. The van der Waals surface area contributed by atoms with Crippen LogP contribution in [0, 0.1) is 12.7 Å². The van der Waals surface area contributed by atoms with Crippen LogP contribution in [0.3, 0.4) is 0 Å². The molecule has 23 heavy (non-hydrogen) atoms. The fraction of sp³-hybridized carbons (Fsp3) is 0.250. The van der Waals surface area contributed by atoms with Crippen LogP contribution in [-0.4, -0.2) is 25.0 Å². The highest BCUT2D eigenvalue weighted by Gasteiger charge is 2.05. The van der Waals surface area contributed by atoms with Gasteiger partial charge < -0.3 is 10.6 Å². The summed E-state index contributed by atoms with van der Waals surface area (Å²) in [5.74, 6) is -0.502. The van der Waals surface area contributed by atoms with E-state index in [9.17, 15) is 14.0 Å². The van der Waals surface area contributed by atoms with E-state index in [4.69, 9.17) is 0 Å². The smallest absolute Gasteiger partial charge is 0.319 e. The van der Waals surface area contributed by atoms with E-state index in [0.29, 0.717) is 13.1 Å². The molecule has 2 rings (SSSR count). The summed E-state index contributed by atoms with van der Waals surface area (Å²) < 4.78 is 12.8. The first-order valence-electron chi connectivity index (χ1n) is 7.15. The number of halogens is 1. The number of hydrogen-bond acceptors (Lipinski definition) is 3. The second-order valence-electron chi connectivity index (χ2n) is 4.94. The molecule has 0 bridgehead atoms. The van der Waals surface area contributed by atoms with Gasteiger partial charge in [-0.15, -0.1) is 11.3 Å².